The number of fused-ring (bicyclic) bond motifs is 3. The number of thiazole rings is 1. The van der Waals surface area contributed by atoms with Crippen molar-refractivity contribution in [3.05, 3.63) is 65.0 Å². The second-order valence-corrected chi connectivity index (χ2v) is 23.1. The lowest BCUT2D eigenvalue weighted by atomic mass is 9.90. The van der Waals surface area contributed by atoms with Gasteiger partial charge < -0.3 is 14.4 Å². The van der Waals surface area contributed by atoms with Gasteiger partial charge in [-0.15, -0.1) is 11.3 Å². The summed E-state index contributed by atoms with van der Waals surface area (Å²) < 4.78 is 42.4. The molecule has 5 atom stereocenters. The minimum Gasteiger partial charge on any atom is -0.460 e. The van der Waals surface area contributed by atoms with E-state index < -0.39 is 55.7 Å². The number of carbonyl (C=O) groups is 4. The first-order valence-corrected chi connectivity index (χ1v) is 25.2. The number of carbonyl (C=O) groups excluding carboxylic acids is 4. The van der Waals surface area contributed by atoms with Crippen LogP contribution in [-0.4, -0.2) is 80.5 Å². The molecule has 4 aliphatic rings. The summed E-state index contributed by atoms with van der Waals surface area (Å²) in [5.74, 6) is -2.97. The highest BCUT2D eigenvalue weighted by Gasteiger charge is 2.62. The van der Waals surface area contributed by atoms with E-state index in [1.807, 2.05) is 78.4 Å². The third-order valence-electron chi connectivity index (χ3n) is 13.1. The summed E-state index contributed by atoms with van der Waals surface area (Å²) in [6, 6.07) is 12.7. The van der Waals surface area contributed by atoms with Gasteiger partial charge in [-0.3, -0.25) is 28.5 Å². The van der Waals surface area contributed by atoms with Crippen LogP contribution in [0, 0.1) is 17.3 Å². The van der Waals surface area contributed by atoms with Crippen LogP contribution in [0.15, 0.2) is 60.0 Å². The normalized spacial score (nSPS) is 25.5. The molecule has 2 aromatic carbocycles. The topological polar surface area (TPSA) is 167 Å². The summed E-state index contributed by atoms with van der Waals surface area (Å²) in [6.07, 6.45) is 7.69. The maximum atomic E-state index is 14.9. The molecule has 4 heterocycles. The molecule has 342 valence electrons. The van der Waals surface area contributed by atoms with E-state index in [1.165, 1.54) is 16.2 Å². The molecule has 16 heteroatoms. The molecule has 2 amide bonds. The second-order valence-electron chi connectivity index (χ2n) is 19.6. The molecule has 13 nitrogen and oxygen atoms in total. The Bertz CT molecular complexity index is 2610. The number of hydrogen-bond donors (Lipinski definition) is 1. The average Bonchev–Trinajstić information content (AvgIpc) is 3.89. The molecule has 2 aliphatic carbocycles. The van der Waals surface area contributed by atoms with Crippen molar-refractivity contribution < 1.29 is 37.1 Å². The molecule has 0 spiro atoms. The van der Waals surface area contributed by atoms with Gasteiger partial charge in [0.2, 0.25) is 21.8 Å². The van der Waals surface area contributed by atoms with Crippen LogP contribution in [0.4, 0.5) is 0 Å². The van der Waals surface area contributed by atoms with Crippen molar-refractivity contribution in [1.82, 2.24) is 24.2 Å². The number of hydrogen-bond acceptors (Lipinski definition) is 11. The van der Waals surface area contributed by atoms with E-state index in [2.05, 4.69) is 4.72 Å². The Morgan fingerprint density at radius 2 is 1.83 bits per heavy atom. The minimum atomic E-state index is -3.97. The van der Waals surface area contributed by atoms with Crippen molar-refractivity contribution in [3.8, 4) is 27.8 Å². The van der Waals surface area contributed by atoms with Gasteiger partial charge in [0.05, 0.1) is 40.4 Å². The molecule has 2 aliphatic heterocycles. The number of allylic oxidation sites excluding steroid dienone is 2. The van der Waals surface area contributed by atoms with E-state index >= 15 is 0 Å². The van der Waals surface area contributed by atoms with E-state index in [0.29, 0.717) is 48.7 Å². The Labute approximate surface area is 384 Å². The Morgan fingerprint density at radius 1 is 1.06 bits per heavy atom. The van der Waals surface area contributed by atoms with Crippen molar-refractivity contribution in [2.45, 2.75) is 141 Å². The third-order valence-corrected chi connectivity index (χ3v) is 16.4. The van der Waals surface area contributed by atoms with E-state index in [4.69, 9.17) is 31.0 Å². The van der Waals surface area contributed by atoms with Crippen molar-refractivity contribution in [3.63, 3.8) is 0 Å². The van der Waals surface area contributed by atoms with Crippen LogP contribution in [-0.2, 0) is 33.9 Å². The number of sulfonamides is 1. The quantitative estimate of drug-likeness (QED) is 0.120. The van der Waals surface area contributed by atoms with Crippen LogP contribution in [0.2, 0.25) is 5.02 Å². The summed E-state index contributed by atoms with van der Waals surface area (Å²) in [7, 11) is -3.97. The van der Waals surface area contributed by atoms with Gasteiger partial charge in [-0.2, -0.15) is 4.98 Å². The lowest BCUT2D eigenvalue weighted by molar-refractivity contribution is -0.159. The summed E-state index contributed by atoms with van der Waals surface area (Å²) >= 11 is 7.79. The number of benzene rings is 2. The number of para-hydroxylation sites is 1. The number of Topliss-reactive ketones (excluding diaryl/α,β-unsaturated/α-hetero) is 1. The molecule has 3 fully saturated rings. The number of aromatic nitrogens is 3. The van der Waals surface area contributed by atoms with E-state index in [9.17, 15) is 27.6 Å². The van der Waals surface area contributed by atoms with Crippen LogP contribution >= 0.6 is 22.9 Å². The number of halogens is 1. The fourth-order valence-corrected chi connectivity index (χ4v) is 11.6. The van der Waals surface area contributed by atoms with E-state index in [1.54, 1.807) is 27.7 Å². The van der Waals surface area contributed by atoms with Crippen LogP contribution < -0.4 is 9.46 Å². The number of imidazole rings is 1. The van der Waals surface area contributed by atoms with Gasteiger partial charge in [0.15, 0.2) is 5.78 Å². The molecule has 8 rings (SSSR count). The van der Waals surface area contributed by atoms with Crippen molar-refractivity contribution >= 4 is 67.6 Å². The molecule has 2 saturated carbocycles. The number of ketones is 1. The lowest BCUT2D eigenvalue weighted by Crippen LogP contribution is -2.47. The van der Waals surface area contributed by atoms with E-state index in [0.717, 1.165) is 46.6 Å². The molecule has 1 saturated heterocycles. The highest BCUT2D eigenvalue weighted by molar-refractivity contribution is 7.91. The van der Waals surface area contributed by atoms with Crippen molar-refractivity contribution in [1.29, 1.82) is 0 Å². The Hall–Kier alpha value is -4.60. The van der Waals surface area contributed by atoms with Crippen LogP contribution in [0.1, 0.15) is 118 Å². The second kappa shape index (κ2) is 17.7. The zero-order valence-corrected chi connectivity index (χ0v) is 39.8. The number of nitrogens with one attached hydrogen (secondary N) is 1. The predicted molar refractivity (Wildman–Crippen MR) is 247 cm³/mol. The van der Waals surface area contributed by atoms with Gasteiger partial charge >= 0.3 is 5.97 Å². The molecular formula is C48H58ClN5O8S2. The van der Waals surface area contributed by atoms with Gasteiger partial charge in [0.1, 0.15) is 22.2 Å². The maximum Gasteiger partial charge on any atom is 0.307 e. The molecule has 0 bridgehead atoms. The zero-order valence-electron chi connectivity index (χ0n) is 37.4. The van der Waals surface area contributed by atoms with Gasteiger partial charge in [-0.05, 0) is 110 Å². The number of ether oxygens (including phenoxy) is 2. The van der Waals surface area contributed by atoms with Crippen LogP contribution in [0.25, 0.3) is 32.9 Å². The van der Waals surface area contributed by atoms with E-state index in [-0.39, 0.29) is 49.5 Å². The Balaban J connectivity index is 1.12. The summed E-state index contributed by atoms with van der Waals surface area (Å²) in [5, 5.41) is 3.37. The number of amides is 2. The first-order chi connectivity index (χ1) is 30.3. The maximum absolute atomic E-state index is 14.9. The third kappa shape index (κ3) is 9.53. The summed E-state index contributed by atoms with van der Waals surface area (Å²) in [4.78, 5) is 68.6. The number of esters is 1. The fourth-order valence-electron chi connectivity index (χ4n) is 9.18. The highest BCUT2D eigenvalue weighted by atomic mass is 35.5. The standard InChI is InChI=1S/C48H58ClN5O8S2/c1-29(2)54-37-19-13-18-35(42-50-36(28-63-42)30-15-12-17-33(49)22-30)41(37)51-45(54)61-34-24-38-39(55)26-48(44(58)52-64(59,60)47(6)20-21-47)25-32(48)16-11-9-7-8-10-14-31(43(57)53(38)27-34)23-40(56)62-46(3,4)5/h11-13,15-19,22,28-29,31-32,34,38H,7-10,14,20-21,23-27H2,1-6H3,(H,52,58)/b16-11-/t31-,32-,34-,38+,48-/m1/s1. The van der Waals surface area contributed by atoms with Crippen molar-refractivity contribution in [2.75, 3.05) is 6.54 Å². The molecule has 0 unspecified atom stereocenters. The SMILES string of the molecule is CC(C)n1c(O[C@@H]2C[C@H]3C(=O)C[C@]4(C(=O)NS(=O)(=O)C5(C)CC5)C[C@H]4/C=C\CCCCC[C@H](CC(=O)OC(C)(C)C)C(=O)N3C2)nc2c(-c3nc(-c4cccc(Cl)c4)cs3)cccc21. The van der Waals surface area contributed by atoms with Gasteiger partial charge in [-0.1, -0.05) is 54.8 Å². The molecule has 0 radical (unpaired) electrons. The monoisotopic (exact) mass is 931 g/mol. The average molecular weight is 933 g/mol. The first-order valence-electron chi connectivity index (χ1n) is 22.5. The minimum absolute atomic E-state index is 0.0406. The van der Waals surface area contributed by atoms with Crippen LogP contribution in [0.5, 0.6) is 6.01 Å². The van der Waals surface area contributed by atoms with Crippen LogP contribution in [0.3, 0.4) is 0 Å². The molecule has 2 aromatic heterocycles. The Morgan fingerprint density at radius 3 is 2.55 bits per heavy atom. The smallest absolute Gasteiger partial charge is 0.307 e. The molecule has 4 aromatic rings. The fraction of sp³-hybridized carbons (Fsp3) is 0.542. The molecular weight excluding hydrogens is 874 g/mol. The Kier molecular flexibility index (Phi) is 12.7. The highest BCUT2D eigenvalue weighted by Crippen LogP contribution is 2.58. The van der Waals surface area contributed by atoms with Crippen molar-refractivity contribution in [2.24, 2.45) is 17.3 Å². The molecule has 64 heavy (non-hydrogen) atoms. The largest absolute Gasteiger partial charge is 0.460 e. The lowest BCUT2D eigenvalue weighted by Gasteiger charge is -2.29. The van der Waals surface area contributed by atoms with Gasteiger partial charge in [0, 0.05) is 46.3 Å². The summed E-state index contributed by atoms with van der Waals surface area (Å²) in [6.45, 7) is 11.1. The van der Waals surface area contributed by atoms with Gasteiger partial charge in [-0.25, -0.2) is 13.4 Å². The zero-order chi connectivity index (χ0) is 45.8. The predicted octanol–water partition coefficient (Wildman–Crippen LogP) is 9.24. The van der Waals surface area contributed by atoms with Gasteiger partial charge in [0.25, 0.3) is 6.01 Å². The first kappa shape index (κ1) is 45.9. The summed E-state index contributed by atoms with van der Waals surface area (Å²) in [5.41, 5.74) is 2.00. The number of nitrogens with zero attached hydrogens (tertiary/aromatic N) is 4. The molecule has 1 N–H and O–H groups in total. The number of rotatable bonds is 10.